The van der Waals surface area contributed by atoms with Crippen molar-refractivity contribution in [2.45, 2.75) is 26.5 Å². The van der Waals surface area contributed by atoms with Crippen LogP contribution < -0.4 is 15.8 Å². The van der Waals surface area contributed by atoms with Crippen LogP contribution in [0.5, 0.6) is 5.75 Å². The molecule has 0 bridgehead atoms. The second-order valence-electron chi connectivity index (χ2n) is 5.70. The van der Waals surface area contributed by atoms with E-state index in [1.165, 1.54) is 12.1 Å². The van der Waals surface area contributed by atoms with Gasteiger partial charge in [-0.05, 0) is 35.7 Å². The van der Waals surface area contributed by atoms with Crippen molar-refractivity contribution in [1.82, 2.24) is 0 Å². The number of rotatable bonds is 6. The smallest absolute Gasteiger partial charge is 0.241 e. The van der Waals surface area contributed by atoms with Crippen LogP contribution in [0, 0.1) is 11.7 Å². The number of carbonyl (C=O) groups excluding carboxylic acids is 1. The van der Waals surface area contributed by atoms with E-state index in [2.05, 4.69) is 5.32 Å². The van der Waals surface area contributed by atoms with E-state index < -0.39 is 6.04 Å². The lowest BCUT2D eigenvalue weighted by Crippen LogP contribution is -2.39. The summed E-state index contributed by atoms with van der Waals surface area (Å²) in [4.78, 5) is 12.0. The molecule has 1 amide bonds. The number of amides is 1. The maximum Gasteiger partial charge on any atom is 0.241 e. The molecule has 2 rings (SSSR count). The van der Waals surface area contributed by atoms with E-state index >= 15 is 0 Å². The van der Waals surface area contributed by atoms with Crippen LogP contribution in [0.15, 0.2) is 48.5 Å². The molecule has 2 aromatic carbocycles. The van der Waals surface area contributed by atoms with Gasteiger partial charge in [-0.1, -0.05) is 32.0 Å². The van der Waals surface area contributed by atoms with Gasteiger partial charge in [-0.25, -0.2) is 4.39 Å². The zero-order valence-electron chi connectivity index (χ0n) is 13.3. The molecule has 0 saturated heterocycles. The van der Waals surface area contributed by atoms with Crippen molar-refractivity contribution < 1.29 is 13.9 Å². The molecule has 0 aliphatic carbocycles. The highest BCUT2D eigenvalue weighted by molar-refractivity contribution is 5.94. The van der Waals surface area contributed by atoms with Crippen LogP contribution in [0.4, 0.5) is 10.1 Å². The number of carbonyl (C=O) groups is 1. The number of nitrogens with one attached hydrogen (secondary N) is 1. The molecule has 3 N–H and O–H groups in total. The van der Waals surface area contributed by atoms with E-state index in [9.17, 15) is 9.18 Å². The molecule has 0 aromatic heterocycles. The van der Waals surface area contributed by atoms with Gasteiger partial charge in [0.05, 0.1) is 6.04 Å². The average molecular weight is 316 g/mol. The first kappa shape index (κ1) is 17.0. The van der Waals surface area contributed by atoms with Crippen molar-refractivity contribution in [3.8, 4) is 5.75 Å². The van der Waals surface area contributed by atoms with Gasteiger partial charge in [-0.2, -0.15) is 0 Å². The molecular formula is C18H21FN2O2. The van der Waals surface area contributed by atoms with Crippen molar-refractivity contribution in [3.63, 3.8) is 0 Å². The monoisotopic (exact) mass is 316 g/mol. The summed E-state index contributed by atoms with van der Waals surface area (Å²) in [6, 6.07) is 12.7. The molecule has 5 heteroatoms. The molecule has 0 aliphatic heterocycles. The Morgan fingerprint density at radius 2 is 1.91 bits per heavy atom. The molecule has 0 aliphatic rings. The van der Waals surface area contributed by atoms with Gasteiger partial charge >= 0.3 is 0 Å². The van der Waals surface area contributed by atoms with Crippen LogP contribution in [0.2, 0.25) is 0 Å². The molecule has 0 radical (unpaired) electrons. The maximum atomic E-state index is 12.9. The topological polar surface area (TPSA) is 64.4 Å². The third kappa shape index (κ3) is 5.07. The SMILES string of the molecule is CC(C)[C@H](N)C(=O)Nc1cccc(OCc2ccc(F)cc2)c1. The van der Waals surface area contributed by atoms with Crippen molar-refractivity contribution in [2.75, 3.05) is 5.32 Å². The van der Waals surface area contributed by atoms with Gasteiger partial charge in [-0.15, -0.1) is 0 Å². The molecular weight excluding hydrogens is 295 g/mol. The first-order chi connectivity index (χ1) is 11.0. The van der Waals surface area contributed by atoms with Crippen LogP contribution in [0.25, 0.3) is 0 Å². The van der Waals surface area contributed by atoms with E-state index in [1.54, 1.807) is 36.4 Å². The van der Waals surface area contributed by atoms with Crippen molar-refractivity contribution in [3.05, 3.63) is 59.9 Å². The summed E-state index contributed by atoms with van der Waals surface area (Å²) in [5, 5.41) is 2.78. The zero-order valence-corrected chi connectivity index (χ0v) is 13.3. The predicted octanol–water partition coefficient (Wildman–Crippen LogP) is 3.33. The quantitative estimate of drug-likeness (QED) is 0.859. The van der Waals surface area contributed by atoms with Crippen LogP contribution >= 0.6 is 0 Å². The summed E-state index contributed by atoms with van der Waals surface area (Å²) in [5.41, 5.74) is 7.31. The first-order valence-corrected chi connectivity index (χ1v) is 7.49. The van der Waals surface area contributed by atoms with E-state index in [0.29, 0.717) is 18.0 Å². The average Bonchev–Trinajstić information content (AvgIpc) is 2.54. The van der Waals surface area contributed by atoms with Crippen LogP contribution in [0.3, 0.4) is 0 Å². The van der Waals surface area contributed by atoms with Crippen LogP contribution in [0.1, 0.15) is 19.4 Å². The standard InChI is InChI=1S/C18H21FN2O2/c1-12(2)17(20)18(22)21-15-4-3-5-16(10-15)23-11-13-6-8-14(19)9-7-13/h3-10,12,17H,11,20H2,1-2H3,(H,21,22)/t17-/m0/s1. The fourth-order valence-electron chi connectivity index (χ4n) is 1.94. The molecule has 23 heavy (non-hydrogen) atoms. The Balaban J connectivity index is 1.96. The maximum absolute atomic E-state index is 12.9. The second-order valence-corrected chi connectivity index (χ2v) is 5.70. The van der Waals surface area contributed by atoms with Gasteiger partial charge in [0.15, 0.2) is 0 Å². The molecule has 122 valence electrons. The largest absolute Gasteiger partial charge is 0.489 e. The highest BCUT2D eigenvalue weighted by Crippen LogP contribution is 2.19. The van der Waals surface area contributed by atoms with Gasteiger partial charge in [-0.3, -0.25) is 4.79 Å². The van der Waals surface area contributed by atoms with E-state index in [1.807, 2.05) is 13.8 Å². The minimum Gasteiger partial charge on any atom is -0.489 e. The molecule has 0 fully saturated rings. The number of anilines is 1. The van der Waals surface area contributed by atoms with E-state index in [4.69, 9.17) is 10.5 Å². The molecule has 0 saturated carbocycles. The lowest BCUT2D eigenvalue weighted by atomic mass is 10.0. The van der Waals surface area contributed by atoms with Crippen LogP contribution in [-0.4, -0.2) is 11.9 Å². The van der Waals surface area contributed by atoms with Gasteiger partial charge in [0.1, 0.15) is 18.2 Å². The highest BCUT2D eigenvalue weighted by atomic mass is 19.1. The number of benzene rings is 2. The Bertz CT molecular complexity index is 656. The summed E-state index contributed by atoms with van der Waals surface area (Å²) in [7, 11) is 0. The molecule has 0 unspecified atom stereocenters. The lowest BCUT2D eigenvalue weighted by Gasteiger charge is -2.15. The summed E-state index contributed by atoms with van der Waals surface area (Å²) in [6.07, 6.45) is 0. The Kier molecular flexibility index (Phi) is 5.71. The summed E-state index contributed by atoms with van der Waals surface area (Å²) in [5.74, 6) is 0.175. The number of halogens is 1. The Morgan fingerprint density at radius 1 is 1.22 bits per heavy atom. The van der Waals surface area contributed by atoms with Crippen molar-refractivity contribution >= 4 is 11.6 Å². The summed E-state index contributed by atoms with van der Waals surface area (Å²) >= 11 is 0. The zero-order chi connectivity index (χ0) is 16.8. The molecule has 0 heterocycles. The molecule has 1 atom stereocenters. The predicted molar refractivity (Wildman–Crippen MR) is 88.6 cm³/mol. The summed E-state index contributed by atoms with van der Waals surface area (Å²) < 4.78 is 18.5. The molecule has 0 spiro atoms. The lowest BCUT2D eigenvalue weighted by molar-refractivity contribution is -0.118. The number of nitrogens with two attached hydrogens (primary N) is 1. The van der Waals surface area contributed by atoms with E-state index in [0.717, 1.165) is 5.56 Å². The van der Waals surface area contributed by atoms with Crippen molar-refractivity contribution in [1.29, 1.82) is 0 Å². The summed E-state index contributed by atoms with van der Waals surface area (Å²) in [6.45, 7) is 4.11. The second kappa shape index (κ2) is 7.74. The minimum atomic E-state index is -0.557. The highest BCUT2D eigenvalue weighted by Gasteiger charge is 2.17. The van der Waals surface area contributed by atoms with Gasteiger partial charge in [0, 0.05) is 11.8 Å². The Morgan fingerprint density at radius 3 is 2.57 bits per heavy atom. The number of hydrogen-bond donors (Lipinski definition) is 2. The number of hydrogen-bond acceptors (Lipinski definition) is 3. The van der Waals surface area contributed by atoms with Gasteiger partial charge in [0.25, 0.3) is 0 Å². The fourth-order valence-corrected chi connectivity index (χ4v) is 1.94. The Labute approximate surface area is 135 Å². The van der Waals surface area contributed by atoms with Gasteiger partial charge in [0.2, 0.25) is 5.91 Å². The fraction of sp³-hybridized carbons (Fsp3) is 0.278. The van der Waals surface area contributed by atoms with Gasteiger partial charge < -0.3 is 15.8 Å². The Hall–Kier alpha value is -2.40. The molecule has 2 aromatic rings. The van der Waals surface area contributed by atoms with Crippen LogP contribution in [-0.2, 0) is 11.4 Å². The third-order valence-electron chi connectivity index (χ3n) is 3.44. The normalized spacial score (nSPS) is 12.0. The van der Waals surface area contributed by atoms with Crippen molar-refractivity contribution in [2.24, 2.45) is 11.7 Å². The van der Waals surface area contributed by atoms with E-state index in [-0.39, 0.29) is 17.6 Å². The molecule has 4 nitrogen and oxygen atoms in total. The number of ether oxygens (including phenoxy) is 1. The third-order valence-corrected chi connectivity index (χ3v) is 3.44. The first-order valence-electron chi connectivity index (χ1n) is 7.49. The minimum absolute atomic E-state index is 0.0629.